The SMILES string of the molecule is CCCSn1cnc2ccccc21. The molecule has 0 amide bonds. The van der Waals surface area contributed by atoms with Crippen molar-refractivity contribution in [3.63, 3.8) is 0 Å². The average Bonchev–Trinajstić information content (AvgIpc) is 2.58. The van der Waals surface area contributed by atoms with E-state index in [-0.39, 0.29) is 0 Å². The first-order valence-corrected chi connectivity index (χ1v) is 5.41. The third kappa shape index (κ3) is 1.70. The van der Waals surface area contributed by atoms with Gasteiger partial charge in [0.15, 0.2) is 0 Å². The fraction of sp³-hybridized carbons (Fsp3) is 0.300. The summed E-state index contributed by atoms with van der Waals surface area (Å²) in [4.78, 5) is 4.31. The monoisotopic (exact) mass is 192 g/mol. The van der Waals surface area contributed by atoms with E-state index >= 15 is 0 Å². The molecule has 0 bridgehead atoms. The second-order valence-corrected chi connectivity index (χ2v) is 3.95. The van der Waals surface area contributed by atoms with Gasteiger partial charge in [0.2, 0.25) is 0 Å². The van der Waals surface area contributed by atoms with E-state index in [1.165, 1.54) is 11.9 Å². The molecule has 1 aromatic heterocycles. The fourth-order valence-electron chi connectivity index (χ4n) is 1.23. The largest absolute Gasteiger partial charge is 0.272 e. The summed E-state index contributed by atoms with van der Waals surface area (Å²) < 4.78 is 2.14. The third-order valence-corrected chi connectivity index (χ3v) is 3.02. The van der Waals surface area contributed by atoms with Gasteiger partial charge in [-0.3, -0.25) is 3.97 Å². The molecule has 2 rings (SSSR count). The summed E-state index contributed by atoms with van der Waals surface area (Å²) in [6.45, 7) is 2.19. The molecule has 0 N–H and O–H groups in total. The van der Waals surface area contributed by atoms with Gasteiger partial charge in [-0.25, -0.2) is 4.98 Å². The zero-order valence-electron chi connectivity index (χ0n) is 7.60. The van der Waals surface area contributed by atoms with E-state index in [4.69, 9.17) is 0 Å². The minimum atomic E-state index is 1.08. The highest BCUT2D eigenvalue weighted by Gasteiger charge is 1.99. The Morgan fingerprint density at radius 3 is 3.08 bits per heavy atom. The van der Waals surface area contributed by atoms with E-state index < -0.39 is 0 Å². The zero-order valence-corrected chi connectivity index (χ0v) is 8.42. The Morgan fingerprint density at radius 2 is 2.23 bits per heavy atom. The van der Waals surface area contributed by atoms with Crippen molar-refractivity contribution in [2.45, 2.75) is 13.3 Å². The predicted molar refractivity (Wildman–Crippen MR) is 57.9 cm³/mol. The van der Waals surface area contributed by atoms with Crippen molar-refractivity contribution in [3.05, 3.63) is 30.6 Å². The highest BCUT2D eigenvalue weighted by Crippen LogP contribution is 2.17. The Kier molecular flexibility index (Phi) is 2.54. The first-order chi connectivity index (χ1) is 6.42. The molecular weight excluding hydrogens is 180 g/mol. The van der Waals surface area contributed by atoms with Crippen LogP contribution in [0.5, 0.6) is 0 Å². The first-order valence-electron chi connectivity index (χ1n) is 4.47. The average molecular weight is 192 g/mol. The van der Waals surface area contributed by atoms with Crippen LogP contribution in [0.15, 0.2) is 30.6 Å². The van der Waals surface area contributed by atoms with Crippen molar-refractivity contribution >= 4 is 23.0 Å². The van der Waals surface area contributed by atoms with Crippen LogP contribution in [0, 0.1) is 0 Å². The second kappa shape index (κ2) is 3.83. The van der Waals surface area contributed by atoms with E-state index in [9.17, 15) is 0 Å². The van der Waals surface area contributed by atoms with E-state index in [1.54, 1.807) is 0 Å². The normalized spacial score (nSPS) is 10.8. The molecule has 0 aliphatic carbocycles. The number of nitrogens with zero attached hydrogens (tertiary/aromatic N) is 2. The van der Waals surface area contributed by atoms with E-state index in [2.05, 4.69) is 21.9 Å². The summed E-state index contributed by atoms with van der Waals surface area (Å²) in [7, 11) is 0. The topological polar surface area (TPSA) is 17.8 Å². The summed E-state index contributed by atoms with van der Waals surface area (Å²) in [5.41, 5.74) is 2.28. The van der Waals surface area contributed by atoms with Gasteiger partial charge < -0.3 is 0 Å². The maximum atomic E-state index is 4.31. The molecule has 0 aliphatic heterocycles. The lowest BCUT2D eigenvalue weighted by molar-refractivity contribution is 1.09. The molecule has 0 fully saturated rings. The van der Waals surface area contributed by atoms with Crippen LogP contribution < -0.4 is 0 Å². The van der Waals surface area contributed by atoms with Gasteiger partial charge in [0, 0.05) is 5.75 Å². The Balaban J connectivity index is 2.35. The molecule has 0 unspecified atom stereocenters. The summed E-state index contributed by atoms with van der Waals surface area (Å²) in [6.07, 6.45) is 3.09. The molecule has 13 heavy (non-hydrogen) atoms. The van der Waals surface area contributed by atoms with Gasteiger partial charge in [0.25, 0.3) is 0 Å². The van der Waals surface area contributed by atoms with Crippen molar-refractivity contribution < 1.29 is 0 Å². The molecule has 0 spiro atoms. The van der Waals surface area contributed by atoms with Crippen LogP contribution in [0.2, 0.25) is 0 Å². The maximum Gasteiger partial charge on any atom is 0.106 e. The molecule has 0 radical (unpaired) electrons. The Hall–Kier alpha value is -0.960. The minimum absolute atomic E-state index is 1.08. The van der Waals surface area contributed by atoms with Gasteiger partial charge in [0.05, 0.1) is 11.0 Å². The highest BCUT2D eigenvalue weighted by atomic mass is 32.2. The number of fused-ring (bicyclic) bond motifs is 1. The zero-order chi connectivity index (χ0) is 9.10. The lowest BCUT2D eigenvalue weighted by Crippen LogP contribution is -1.85. The molecule has 0 saturated carbocycles. The van der Waals surface area contributed by atoms with E-state index in [0.29, 0.717) is 0 Å². The summed E-state index contributed by atoms with van der Waals surface area (Å²) in [6, 6.07) is 8.21. The van der Waals surface area contributed by atoms with Gasteiger partial charge in [-0.1, -0.05) is 19.1 Å². The predicted octanol–water partition coefficient (Wildman–Crippen LogP) is 2.94. The number of rotatable bonds is 3. The molecule has 0 atom stereocenters. The molecule has 3 heteroatoms. The van der Waals surface area contributed by atoms with Crippen LogP contribution in [0.25, 0.3) is 11.0 Å². The molecule has 0 saturated heterocycles. The van der Waals surface area contributed by atoms with E-state index in [0.717, 1.165) is 11.3 Å². The van der Waals surface area contributed by atoms with Gasteiger partial charge in [-0.2, -0.15) is 0 Å². The summed E-state index contributed by atoms with van der Waals surface area (Å²) in [5, 5.41) is 0. The van der Waals surface area contributed by atoms with Crippen LogP contribution in [-0.2, 0) is 0 Å². The van der Waals surface area contributed by atoms with Crippen molar-refractivity contribution in [3.8, 4) is 0 Å². The molecule has 2 aromatic rings. The molecule has 0 aliphatic rings. The van der Waals surface area contributed by atoms with Crippen LogP contribution in [-0.4, -0.2) is 14.7 Å². The number of hydrogen-bond acceptors (Lipinski definition) is 2. The highest BCUT2D eigenvalue weighted by molar-refractivity contribution is 7.97. The quantitative estimate of drug-likeness (QED) is 0.744. The number of imidazole rings is 1. The van der Waals surface area contributed by atoms with Crippen LogP contribution >= 0.6 is 11.9 Å². The van der Waals surface area contributed by atoms with Gasteiger partial charge >= 0.3 is 0 Å². The van der Waals surface area contributed by atoms with Gasteiger partial charge in [0.1, 0.15) is 6.33 Å². The molecule has 2 nitrogen and oxygen atoms in total. The lowest BCUT2D eigenvalue weighted by atomic mass is 10.3. The minimum Gasteiger partial charge on any atom is -0.272 e. The number of para-hydroxylation sites is 2. The lowest BCUT2D eigenvalue weighted by Gasteiger charge is -1.99. The molecule has 68 valence electrons. The summed E-state index contributed by atoms with van der Waals surface area (Å²) in [5.74, 6) is 1.14. The van der Waals surface area contributed by atoms with Gasteiger partial charge in [-0.15, -0.1) is 0 Å². The van der Waals surface area contributed by atoms with E-state index in [1.807, 2.05) is 36.5 Å². The molecule has 1 aromatic carbocycles. The fourth-order valence-corrected chi connectivity index (χ4v) is 2.02. The standard InChI is InChI=1S/C10H12N2S/c1-2-7-13-12-8-11-9-5-3-4-6-10(9)12/h3-6,8H,2,7H2,1H3. The number of aromatic nitrogens is 2. The molecular formula is C10H12N2S. The van der Waals surface area contributed by atoms with Crippen molar-refractivity contribution in [1.29, 1.82) is 0 Å². The molecule has 1 heterocycles. The number of hydrogen-bond donors (Lipinski definition) is 0. The van der Waals surface area contributed by atoms with Crippen molar-refractivity contribution in [2.24, 2.45) is 0 Å². The number of benzene rings is 1. The Morgan fingerprint density at radius 1 is 1.38 bits per heavy atom. The second-order valence-electron chi connectivity index (χ2n) is 2.89. The maximum absolute atomic E-state index is 4.31. The smallest absolute Gasteiger partial charge is 0.106 e. The third-order valence-electron chi connectivity index (χ3n) is 1.86. The summed E-state index contributed by atoms with van der Waals surface area (Å²) >= 11 is 1.81. The van der Waals surface area contributed by atoms with Gasteiger partial charge in [-0.05, 0) is 30.5 Å². The van der Waals surface area contributed by atoms with Crippen LogP contribution in [0.4, 0.5) is 0 Å². The Bertz CT molecular complexity index is 394. The Labute approximate surface area is 82.1 Å². The van der Waals surface area contributed by atoms with Crippen LogP contribution in [0.3, 0.4) is 0 Å². The van der Waals surface area contributed by atoms with Crippen molar-refractivity contribution in [2.75, 3.05) is 5.75 Å². The van der Waals surface area contributed by atoms with Crippen molar-refractivity contribution in [1.82, 2.24) is 8.96 Å². The first kappa shape index (κ1) is 8.63. The van der Waals surface area contributed by atoms with Crippen LogP contribution in [0.1, 0.15) is 13.3 Å².